The van der Waals surface area contributed by atoms with Crippen LogP contribution >= 0.6 is 27.5 Å². The molecule has 0 atom stereocenters. The van der Waals surface area contributed by atoms with Gasteiger partial charge >= 0.3 is 5.97 Å². The maximum absolute atomic E-state index is 11.6. The van der Waals surface area contributed by atoms with Crippen LogP contribution in [-0.2, 0) is 9.53 Å². The number of pyridine rings is 1. The van der Waals surface area contributed by atoms with Gasteiger partial charge in [0.2, 0.25) is 0 Å². The SMILES string of the molecule is CCOC(=O)CN(c1ncc(Br)cc1Cl)C1CC1. The number of aromatic nitrogens is 1. The third-order valence-electron chi connectivity index (χ3n) is 2.65. The molecule has 0 aliphatic heterocycles. The predicted octanol–water partition coefficient (Wildman–Crippen LogP) is 3.03. The first-order valence-electron chi connectivity index (χ1n) is 5.85. The van der Waals surface area contributed by atoms with E-state index in [9.17, 15) is 4.79 Å². The number of hydrogen-bond acceptors (Lipinski definition) is 4. The predicted molar refractivity (Wildman–Crippen MR) is 73.9 cm³/mol. The number of anilines is 1. The van der Waals surface area contributed by atoms with Gasteiger partial charge < -0.3 is 9.64 Å². The fourth-order valence-corrected chi connectivity index (χ4v) is 2.47. The van der Waals surface area contributed by atoms with Crippen molar-refractivity contribution in [2.45, 2.75) is 25.8 Å². The quantitative estimate of drug-likeness (QED) is 0.777. The van der Waals surface area contributed by atoms with Crippen LogP contribution in [0, 0.1) is 0 Å². The second kappa shape index (κ2) is 5.89. The first-order chi connectivity index (χ1) is 8.61. The standard InChI is InChI=1S/C12H14BrClN2O2/c1-2-18-11(17)7-16(9-3-4-9)12-10(14)5-8(13)6-15-12/h5-6,9H,2-4,7H2,1H3. The Morgan fingerprint density at radius 3 is 2.94 bits per heavy atom. The van der Waals surface area contributed by atoms with Crippen molar-refractivity contribution in [2.75, 3.05) is 18.1 Å². The molecule has 4 nitrogen and oxygen atoms in total. The Bertz CT molecular complexity index is 452. The van der Waals surface area contributed by atoms with Crippen LogP contribution in [0.15, 0.2) is 16.7 Å². The number of nitrogens with zero attached hydrogens (tertiary/aromatic N) is 2. The molecule has 2 rings (SSSR count). The molecule has 18 heavy (non-hydrogen) atoms. The van der Waals surface area contributed by atoms with Crippen LogP contribution < -0.4 is 4.90 Å². The zero-order valence-corrected chi connectivity index (χ0v) is 12.4. The smallest absolute Gasteiger partial charge is 0.325 e. The Morgan fingerprint density at radius 2 is 2.39 bits per heavy atom. The van der Waals surface area contributed by atoms with Crippen molar-refractivity contribution in [3.63, 3.8) is 0 Å². The monoisotopic (exact) mass is 332 g/mol. The minimum atomic E-state index is -0.245. The fourth-order valence-electron chi connectivity index (χ4n) is 1.73. The Morgan fingerprint density at radius 1 is 1.67 bits per heavy atom. The molecule has 0 spiro atoms. The van der Waals surface area contributed by atoms with Crippen molar-refractivity contribution >= 4 is 39.3 Å². The topological polar surface area (TPSA) is 42.4 Å². The number of rotatable bonds is 5. The zero-order valence-electron chi connectivity index (χ0n) is 10.0. The van der Waals surface area contributed by atoms with Crippen LogP contribution in [-0.4, -0.2) is 30.1 Å². The van der Waals surface area contributed by atoms with E-state index in [1.807, 2.05) is 4.90 Å². The van der Waals surface area contributed by atoms with Crippen LogP contribution in [0.4, 0.5) is 5.82 Å². The van der Waals surface area contributed by atoms with Crippen molar-refractivity contribution in [2.24, 2.45) is 0 Å². The maximum atomic E-state index is 11.6. The lowest BCUT2D eigenvalue weighted by molar-refractivity contribution is -0.141. The summed E-state index contributed by atoms with van der Waals surface area (Å²) in [6.45, 7) is 2.38. The number of carbonyl (C=O) groups excluding carboxylic acids is 1. The van der Waals surface area contributed by atoms with E-state index in [-0.39, 0.29) is 12.5 Å². The molecule has 0 radical (unpaired) electrons. The summed E-state index contributed by atoms with van der Waals surface area (Å²) in [6.07, 6.45) is 3.81. The molecule has 0 bridgehead atoms. The second-order valence-corrected chi connectivity index (χ2v) is 5.45. The highest BCUT2D eigenvalue weighted by atomic mass is 79.9. The van der Waals surface area contributed by atoms with Gasteiger partial charge in [0.1, 0.15) is 12.4 Å². The number of ether oxygens (including phenoxy) is 1. The van der Waals surface area contributed by atoms with E-state index in [1.165, 1.54) is 0 Å². The molecule has 1 saturated carbocycles. The van der Waals surface area contributed by atoms with Crippen LogP contribution in [0.2, 0.25) is 5.02 Å². The summed E-state index contributed by atoms with van der Waals surface area (Å²) in [6, 6.07) is 2.13. The largest absolute Gasteiger partial charge is 0.465 e. The normalized spacial score (nSPS) is 14.4. The average molecular weight is 334 g/mol. The summed E-state index contributed by atoms with van der Waals surface area (Å²) in [5.41, 5.74) is 0. The van der Waals surface area contributed by atoms with E-state index in [4.69, 9.17) is 16.3 Å². The molecule has 1 heterocycles. The summed E-state index contributed by atoms with van der Waals surface area (Å²) in [4.78, 5) is 17.8. The molecule has 1 aromatic rings. The molecule has 0 amide bonds. The van der Waals surface area contributed by atoms with E-state index in [2.05, 4.69) is 20.9 Å². The molecule has 98 valence electrons. The van der Waals surface area contributed by atoms with Crippen LogP contribution in [0.5, 0.6) is 0 Å². The highest BCUT2D eigenvalue weighted by molar-refractivity contribution is 9.10. The third kappa shape index (κ3) is 3.36. The van der Waals surface area contributed by atoms with E-state index in [0.29, 0.717) is 23.5 Å². The zero-order chi connectivity index (χ0) is 13.1. The van der Waals surface area contributed by atoms with E-state index in [1.54, 1.807) is 19.2 Å². The third-order valence-corrected chi connectivity index (χ3v) is 3.36. The molecular weight excluding hydrogens is 320 g/mol. The summed E-state index contributed by atoms with van der Waals surface area (Å²) in [7, 11) is 0. The Hall–Kier alpha value is -0.810. The summed E-state index contributed by atoms with van der Waals surface area (Å²) >= 11 is 9.49. The van der Waals surface area contributed by atoms with Crippen LogP contribution in [0.25, 0.3) is 0 Å². The fraction of sp³-hybridized carbons (Fsp3) is 0.500. The highest BCUT2D eigenvalue weighted by Crippen LogP contribution is 2.35. The Kier molecular flexibility index (Phi) is 4.45. The lowest BCUT2D eigenvalue weighted by atomic mass is 10.4. The first kappa shape index (κ1) is 13.6. The maximum Gasteiger partial charge on any atom is 0.325 e. The first-order valence-corrected chi connectivity index (χ1v) is 7.02. The van der Waals surface area contributed by atoms with Crippen molar-refractivity contribution in [3.8, 4) is 0 Å². The number of carbonyl (C=O) groups is 1. The molecule has 0 N–H and O–H groups in total. The molecule has 0 unspecified atom stereocenters. The molecule has 0 aromatic carbocycles. The Labute approximate surface area is 119 Å². The van der Waals surface area contributed by atoms with Gasteiger partial charge in [0.05, 0.1) is 11.6 Å². The number of esters is 1. The van der Waals surface area contributed by atoms with Gasteiger partial charge in [-0.1, -0.05) is 11.6 Å². The Balaban J connectivity index is 2.16. The van der Waals surface area contributed by atoms with Gasteiger partial charge in [-0.2, -0.15) is 0 Å². The van der Waals surface area contributed by atoms with E-state index >= 15 is 0 Å². The van der Waals surface area contributed by atoms with Gasteiger partial charge in [-0.15, -0.1) is 0 Å². The van der Waals surface area contributed by atoms with Crippen molar-refractivity contribution in [1.82, 2.24) is 4.98 Å². The van der Waals surface area contributed by atoms with Gasteiger partial charge in [0, 0.05) is 16.7 Å². The van der Waals surface area contributed by atoms with Crippen LogP contribution in [0.3, 0.4) is 0 Å². The lowest BCUT2D eigenvalue weighted by Gasteiger charge is -2.23. The molecule has 1 aliphatic carbocycles. The van der Waals surface area contributed by atoms with Gasteiger partial charge in [-0.05, 0) is 41.8 Å². The molecule has 1 fully saturated rings. The van der Waals surface area contributed by atoms with E-state index in [0.717, 1.165) is 17.3 Å². The number of hydrogen-bond donors (Lipinski definition) is 0. The summed E-state index contributed by atoms with van der Waals surface area (Å²) in [5.74, 6) is 0.403. The highest BCUT2D eigenvalue weighted by Gasteiger charge is 2.32. The minimum Gasteiger partial charge on any atom is -0.465 e. The van der Waals surface area contributed by atoms with Gasteiger partial charge in [0.25, 0.3) is 0 Å². The van der Waals surface area contributed by atoms with Crippen molar-refractivity contribution < 1.29 is 9.53 Å². The molecular formula is C12H14BrClN2O2. The summed E-state index contributed by atoms with van der Waals surface area (Å²) in [5, 5.41) is 0.542. The second-order valence-electron chi connectivity index (χ2n) is 4.12. The minimum absolute atomic E-state index is 0.201. The lowest BCUT2D eigenvalue weighted by Crippen LogP contribution is -2.33. The van der Waals surface area contributed by atoms with Crippen molar-refractivity contribution in [1.29, 1.82) is 0 Å². The summed E-state index contributed by atoms with van der Waals surface area (Å²) < 4.78 is 5.80. The molecule has 6 heteroatoms. The molecule has 1 aliphatic rings. The van der Waals surface area contributed by atoms with Crippen LogP contribution in [0.1, 0.15) is 19.8 Å². The average Bonchev–Trinajstić information content (AvgIpc) is 3.11. The van der Waals surface area contributed by atoms with Gasteiger partial charge in [-0.25, -0.2) is 4.98 Å². The number of halogens is 2. The van der Waals surface area contributed by atoms with Gasteiger partial charge in [0.15, 0.2) is 0 Å². The van der Waals surface area contributed by atoms with Gasteiger partial charge in [-0.3, -0.25) is 4.79 Å². The van der Waals surface area contributed by atoms with E-state index < -0.39 is 0 Å². The molecule has 1 aromatic heterocycles. The molecule has 0 saturated heterocycles. The van der Waals surface area contributed by atoms with Crippen molar-refractivity contribution in [3.05, 3.63) is 21.8 Å².